The molecule has 1 N–H and O–H groups in total. The lowest BCUT2D eigenvalue weighted by atomic mass is 10.1. The number of unbranched alkanes of at least 4 members (excludes halogenated alkanes) is 2. The van der Waals surface area contributed by atoms with E-state index in [9.17, 15) is 4.79 Å². The standard InChI is InChI=1S/C12H17BN6O/c1-3-4-5-6-18-9-8(15-11(13)16-9)10-14-7(2)17-19(10)12(18)20/h3-6,13H2,1-2H3,(H,15,16). The summed E-state index contributed by atoms with van der Waals surface area (Å²) >= 11 is 0. The van der Waals surface area contributed by atoms with Crippen molar-refractivity contribution in [3.63, 3.8) is 0 Å². The van der Waals surface area contributed by atoms with Gasteiger partial charge in [-0.3, -0.25) is 4.57 Å². The number of hydrogen-bond donors (Lipinski definition) is 1. The van der Waals surface area contributed by atoms with Crippen molar-refractivity contribution in [3.8, 4) is 0 Å². The summed E-state index contributed by atoms with van der Waals surface area (Å²) in [7, 11) is 1.88. The zero-order chi connectivity index (χ0) is 14.3. The normalized spacial score (nSPS) is 11.7. The summed E-state index contributed by atoms with van der Waals surface area (Å²) in [6, 6.07) is 0. The summed E-state index contributed by atoms with van der Waals surface area (Å²) in [4.78, 5) is 24.5. The minimum Gasteiger partial charge on any atom is -0.346 e. The average molecular weight is 272 g/mol. The Bertz CT molecular complexity index is 830. The molecule has 0 aromatic carbocycles. The number of hydrogen-bond acceptors (Lipinski definition) is 4. The number of nitrogens with zero attached hydrogens (tertiary/aromatic N) is 5. The van der Waals surface area contributed by atoms with Gasteiger partial charge in [-0.2, -0.15) is 4.52 Å². The number of nitrogens with one attached hydrogen (secondary N) is 1. The summed E-state index contributed by atoms with van der Waals surface area (Å²) in [6.45, 7) is 4.58. The van der Waals surface area contributed by atoms with Crippen molar-refractivity contribution in [2.24, 2.45) is 0 Å². The average Bonchev–Trinajstić information content (AvgIpc) is 2.96. The summed E-state index contributed by atoms with van der Waals surface area (Å²) < 4.78 is 3.05. The van der Waals surface area contributed by atoms with E-state index < -0.39 is 0 Å². The van der Waals surface area contributed by atoms with Crippen LogP contribution in [0, 0.1) is 6.92 Å². The molecule has 3 heterocycles. The summed E-state index contributed by atoms with van der Waals surface area (Å²) in [6.07, 6.45) is 3.16. The third-order valence-electron chi connectivity index (χ3n) is 3.39. The minimum atomic E-state index is -0.171. The monoisotopic (exact) mass is 272 g/mol. The van der Waals surface area contributed by atoms with Crippen LogP contribution in [0.4, 0.5) is 0 Å². The molecule has 3 rings (SSSR count). The fourth-order valence-electron chi connectivity index (χ4n) is 2.47. The number of aryl methyl sites for hydroxylation is 2. The van der Waals surface area contributed by atoms with E-state index in [-0.39, 0.29) is 5.69 Å². The maximum absolute atomic E-state index is 12.5. The van der Waals surface area contributed by atoms with Crippen molar-refractivity contribution < 1.29 is 0 Å². The molecule has 0 aliphatic carbocycles. The molecule has 8 heteroatoms. The van der Waals surface area contributed by atoms with Gasteiger partial charge in [-0.25, -0.2) is 14.8 Å². The molecule has 0 fully saturated rings. The molecule has 7 nitrogen and oxygen atoms in total. The third-order valence-corrected chi connectivity index (χ3v) is 3.39. The van der Waals surface area contributed by atoms with E-state index in [1.807, 2.05) is 7.85 Å². The molecule has 0 saturated carbocycles. The summed E-state index contributed by atoms with van der Waals surface area (Å²) in [5.41, 5.74) is 2.60. The fourth-order valence-corrected chi connectivity index (χ4v) is 2.47. The Morgan fingerprint density at radius 1 is 1.25 bits per heavy atom. The lowest BCUT2D eigenvalue weighted by molar-refractivity contribution is 0.579. The lowest BCUT2D eigenvalue weighted by Gasteiger charge is -2.06. The number of imidazole rings is 1. The molecule has 3 aromatic rings. The van der Waals surface area contributed by atoms with E-state index in [0.29, 0.717) is 23.7 Å². The predicted octanol–water partition coefficient (Wildman–Crippen LogP) is -0.476. The van der Waals surface area contributed by atoms with E-state index in [0.717, 1.165) is 30.5 Å². The number of H-pyrrole nitrogens is 1. The Morgan fingerprint density at radius 3 is 2.80 bits per heavy atom. The van der Waals surface area contributed by atoms with Crippen molar-refractivity contribution >= 4 is 30.4 Å². The second-order valence-corrected chi connectivity index (χ2v) is 5.06. The van der Waals surface area contributed by atoms with Crippen LogP contribution in [0.5, 0.6) is 0 Å². The molecule has 0 aliphatic rings. The van der Waals surface area contributed by atoms with Gasteiger partial charge < -0.3 is 4.98 Å². The first kappa shape index (κ1) is 12.9. The maximum atomic E-state index is 12.5. The van der Waals surface area contributed by atoms with Crippen LogP contribution in [0.2, 0.25) is 0 Å². The SMILES string of the molecule is Bc1nc2c([nH]1)c1nc(C)nn1c(=O)n2CCCCC. The van der Waals surface area contributed by atoms with Gasteiger partial charge in [0.2, 0.25) is 0 Å². The Balaban J connectivity index is 2.29. The predicted molar refractivity (Wildman–Crippen MR) is 79.3 cm³/mol. The molecule has 0 radical (unpaired) electrons. The van der Waals surface area contributed by atoms with Gasteiger partial charge in [-0.1, -0.05) is 19.8 Å². The quantitative estimate of drug-likeness (QED) is 0.514. The van der Waals surface area contributed by atoms with Crippen LogP contribution in [0.15, 0.2) is 4.79 Å². The van der Waals surface area contributed by atoms with Gasteiger partial charge in [0.05, 0.1) is 5.72 Å². The molecule has 0 atom stereocenters. The number of rotatable bonds is 4. The van der Waals surface area contributed by atoms with E-state index in [1.165, 1.54) is 4.52 Å². The van der Waals surface area contributed by atoms with Gasteiger partial charge in [-0.05, 0) is 13.3 Å². The Kier molecular flexibility index (Phi) is 3.08. The molecule has 0 saturated heterocycles. The first-order valence-corrected chi connectivity index (χ1v) is 6.94. The second kappa shape index (κ2) is 4.77. The van der Waals surface area contributed by atoms with Crippen LogP contribution < -0.4 is 11.4 Å². The topological polar surface area (TPSA) is 80.9 Å². The smallest absolute Gasteiger partial charge is 0.346 e. The van der Waals surface area contributed by atoms with Gasteiger partial charge in [-0.15, -0.1) is 5.10 Å². The first-order chi connectivity index (χ1) is 9.61. The molecule has 20 heavy (non-hydrogen) atoms. The molecule has 0 aliphatic heterocycles. The van der Waals surface area contributed by atoms with Crippen LogP contribution in [0.1, 0.15) is 32.0 Å². The van der Waals surface area contributed by atoms with E-state index >= 15 is 0 Å². The number of fused-ring (bicyclic) bond motifs is 3. The summed E-state index contributed by atoms with van der Waals surface area (Å²) in [5.74, 6) is 0.585. The second-order valence-electron chi connectivity index (χ2n) is 5.06. The highest BCUT2D eigenvalue weighted by atomic mass is 16.2. The van der Waals surface area contributed by atoms with Gasteiger partial charge in [0.15, 0.2) is 19.1 Å². The molecule has 3 aromatic heterocycles. The molecule has 0 unspecified atom stereocenters. The number of aromatic amines is 1. The van der Waals surface area contributed by atoms with Crippen LogP contribution >= 0.6 is 0 Å². The van der Waals surface area contributed by atoms with Gasteiger partial charge in [0, 0.05) is 6.54 Å². The molecular formula is C12H17BN6O. The highest BCUT2D eigenvalue weighted by molar-refractivity contribution is 6.30. The zero-order valence-corrected chi connectivity index (χ0v) is 12.0. The van der Waals surface area contributed by atoms with Crippen molar-refractivity contribution in [2.75, 3.05) is 0 Å². The largest absolute Gasteiger partial charge is 0.352 e. The molecule has 0 spiro atoms. The maximum Gasteiger partial charge on any atom is 0.352 e. The van der Waals surface area contributed by atoms with Gasteiger partial charge >= 0.3 is 5.69 Å². The molecule has 0 bridgehead atoms. The summed E-state index contributed by atoms with van der Waals surface area (Å²) in [5, 5.41) is 4.19. The number of aromatic nitrogens is 6. The van der Waals surface area contributed by atoms with Gasteiger partial charge in [0.25, 0.3) is 0 Å². The minimum absolute atomic E-state index is 0.171. The third kappa shape index (κ3) is 1.91. The van der Waals surface area contributed by atoms with Crippen molar-refractivity contribution in [2.45, 2.75) is 39.7 Å². The van der Waals surface area contributed by atoms with Crippen LogP contribution in [-0.4, -0.2) is 37.0 Å². The van der Waals surface area contributed by atoms with Crippen molar-refractivity contribution in [1.82, 2.24) is 29.1 Å². The molecule has 0 amide bonds. The zero-order valence-electron chi connectivity index (χ0n) is 12.0. The highest BCUT2D eigenvalue weighted by Crippen LogP contribution is 2.12. The highest BCUT2D eigenvalue weighted by Gasteiger charge is 2.16. The Labute approximate surface area is 116 Å². The molecule has 104 valence electrons. The van der Waals surface area contributed by atoms with Gasteiger partial charge in [0.1, 0.15) is 11.3 Å². The van der Waals surface area contributed by atoms with Crippen molar-refractivity contribution in [3.05, 3.63) is 16.3 Å². The van der Waals surface area contributed by atoms with Crippen LogP contribution in [0.25, 0.3) is 16.8 Å². The van der Waals surface area contributed by atoms with E-state index in [1.54, 1.807) is 11.5 Å². The van der Waals surface area contributed by atoms with E-state index in [4.69, 9.17) is 0 Å². The van der Waals surface area contributed by atoms with Crippen LogP contribution in [-0.2, 0) is 6.54 Å². The Hall–Kier alpha value is -2.12. The fraction of sp³-hybridized carbons (Fsp3) is 0.500. The van der Waals surface area contributed by atoms with Crippen molar-refractivity contribution in [1.29, 1.82) is 0 Å². The van der Waals surface area contributed by atoms with Crippen LogP contribution in [0.3, 0.4) is 0 Å². The lowest BCUT2D eigenvalue weighted by Crippen LogP contribution is -2.28. The first-order valence-electron chi connectivity index (χ1n) is 6.94. The van der Waals surface area contributed by atoms with E-state index in [2.05, 4.69) is 27.0 Å². The Morgan fingerprint density at radius 2 is 2.05 bits per heavy atom. The molecular weight excluding hydrogens is 255 g/mol.